The van der Waals surface area contributed by atoms with Gasteiger partial charge in [-0.25, -0.2) is 0 Å². The second kappa shape index (κ2) is 1.64. The molecule has 1 nitrogen and oxygen atoms in total. The Hall–Kier alpha value is 0.310. The summed E-state index contributed by atoms with van der Waals surface area (Å²) in [5.74, 6) is 2.69. The number of hydrogen-bond acceptors (Lipinski definition) is 2. The first-order valence-electron chi connectivity index (χ1n) is 3.24. The van der Waals surface area contributed by atoms with Gasteiger partial charge in [-0.3, -0.25) is 0 Å². The Morgan fingerprint density at radius 3 is 2.62 bits per heavy atom. The number of rotatable bonds is 0. The first kappa shape index (κ1) is 5.12. The SMILES string of the molecule is C1CSCC2(CC2)N1. The molecule has 2 aliphatic rings. The third-order valence-corrected chi connectivity index (χ3v) is 3.23. The van der Waals surface area contributed by atoms with Gasteiger partial charge in [-0.05, 0) is 12.8 Å². The minimum Gasteiger partial charge on any atom is -0.310 e. The lowest BCUT2D eigenvalue weighted by molar-refractivity contribution is 0.557. The van der Waals surface area contributed by atoms with Crippen LogP contribution in [0, 0.1) is 0 Å². The highest BCUT2D eigenvalue weighted by Gasteiger charge is 2.43. The number of hydrogen-bond donors (Lipinski definition) is 1. The zero-order valence-electron chi connectivity index (χ0n) is 4.94. The molecule has 8 heavy (non-hydrogen) atoms. The summed E-state index contributed by atoms with van der Waals surface area (Å²) in [6.07, 6.45) is 2.86. The van der Waals surface area contributed by atoms with Crippen LogP contribution in [0.4, 0.5) is 0 Å². The standard InChI is InChI=1S/C6H11NS/c1-2-6(1)5-8-4-3-7-6/h7H,1-5H2. The fourth-order valence-electron chi connectivity index (χ4n) is 1.18. The van der Waals surface area contributed by atoms with E-state index in [-0.39, 0.29) is 0 Å². The van der Waals surface area contributed by atoms with Crippen molar-refractivity contribution in [3.8, 4) is 0 Å². The van der Waals surface area contributed by atoms with Crippen molar-refractivity contribution in [2.75, 3.05) is 18.1 Å². The summed E-state index contributed by atoms with van der Waals surface area (Å²) in [4.78, 5) is 0. The van der Waals surface area contributed by atoms with Crippen molar-refractivity contribution < 1.29 is 0 Å². The van der Waals surface area contributed by atoms with E-state index in [9.17, 15) is 0 Å². The van der Waals surface area contributed by atoms with Crippen LogP contribution < -0.4 is 5.32 Å². The minimum absolute atomic E-state index is 0.642. The largest absolute Gasteiger partial charge is 0.310 e. The molecule has 0 amide bonds. The molecule has 2 rings (SSSR count). The van der Waals surface area contributed by atoms with Crippen molar-refractivity contribution in [1.82, 2.24) is 5.32 Å². The Morgan fingerprint density at radius 2 is 2.25 bits per heavy atom. The maximum absolute atomic E-state index is 3.55. The van der Waals surface area contributed by atoms with Gasteiger partial charge in [-0.2, -0.15) is 11.8 Å². The van der Waals surface area contributed by atoms with Gasteiger partial charge >= 0.3 is 0 Å². The van der Waals surface area contributed by atoms with E-state index < -0.39 is 0 Å². The fraction of sp³-hybridized carbons (Fsp3) is 1.00. The lowest BCUT2D eigenvalue weighted by Gasteiger charge is -2.21. The predicted octanol–water partition coefficient (Wildman–Crippen LogP) is 0.855. The number of thioether (sulfide) groups is 1. The van der Waals surface area contributed by atoms with E-state index in [0.29, 0.717) is 5.54 Å². The zero-order valence-corrected chi connectivity index (χ0v) is 5.76. The van der Waals surface area contributed by atoms with Crippen LogP contribution in [0.5, 0.6) is 0 Å². The summed E-state index contributed by atoms with van der Waals surface area (Å²) in [6, 6.07) is 0. The molecule has 0 unspecified atom stereocenters. The molecule has 0 bridgehead atoms. The third-order valence-electron chi connectivity index (χ3n) is 1.98. The molecule has 1 spiro atoms. The molecule has 0 aromatic heterocycles. The summed E-state index contributed by atoms with van der Waals surface area (Å²) < 4.78 is 0. The lowest BCUT2D eigenvalue weighted by atomic mass is 10.3. The molecule has 0 radical (unpaired) electrons. The molecule has 1 aliphatic heterocycles. The first-order valence-corrected chi connectivity index (χ1v) is 4.40. The smallest absolute Gasteiger partial charge is 0.0273 e. The zero-order chi connectivity index (χ0) is 5.45. The van der Waals surface area contributed by atoms with Crippen LogP contribution in [0.15, 0.2) is 0 Å². The van der Waals surface area contributed by atoms with E-state index in [4.69, 9.17) is 0 Å². The Labute approximate surface area is 54.2 Å². The molecule has 1 heterocycles. The monoisotopic (exact) mass is 129 g/mol. The van der Waals surface area contributed by atoms with Crippen LogP contribution in [0.3, 0.4) is 0 Å². The van der Waals surface area contributed by atoms with E-state index in [0.717, 1.165) is 0 Å². The van der Waals surface area contributed by atoms with Crippen LogP contribution in [0.2, 0.25) is 0 Å². The molecule has 0 atom stereocenters. The van der Waals surface area contributed by atoms with Gasteiger partial charge in [0.25, 0.3) is 0 Å². The van der Waals surface area contributed by atoms with Crippen molar-refractivity contribution in [1.29, 1.82) is 0 Å². The molecule has 1 saturated heterocycles. The Balaban J connectivity index is 1.95. The lowest BCUT2D eigenvalue weighted by Crippen LogP contribution is -2.39. The van der Waals surface area contributed by atoms with Crippen LogP contribution >= 0.6 is 11.8 Å². The molecule has 2 heteroatoms. The van der Waals surface area contributed by atoms with Crippen molar-refractivity contribution in [2.24, 2.45) is 0 Å². The summed E-state index contributed by atoms with van der Waals surface area (Å²) >= 11 is 2.10. The molecule has 1 aliphatic carbocycles. The molecule has 46 valence electrons. The fourth-order valence-corrected chi connectivity index (χ4v) is 2.35. The highest BCUT2D eigenvalue weighted by Crippen LogP contribution is 2.39. The van der Waals surface area contributed by atoms with Crippen molar-refractivity contribution in [2.45, 2.75) is 18.4 Å². The molecule has 1 N–H and O–H groups in total. The molecule has 0 aromatic carbocycles. The van der Waals surface area contributed by atoms with E-state index in [1.165, 1.54) is 30.9 Å². The second-order valence-electron chi connectivity index (χ2n) is 2.76. The molecule has 2 fully saturated rings. The first-order chi connectivity index (χ1) is 3.91. The molecule has 0 aromatic rings. The maximum Gasteiger partial charge on any atom is 0.0273 e. The van der Waals surface area contributed by atoms with Gasteiger partial charge in [0.2, 0.25) is 0 Å². The van der Waals surface area contributed by atoms with E-state index >= 15 is 0 Å². The van der Waals surface area contributed by atoms with Gasteiger partial charge in [-0.1, -0.05) is 0 Å². The number of nitrogens with one attached hydrogen (secondary N) is 1. The predicted molar refractivity (Wildman–Crippen MR) is 37.3 cm³/mol. The third kappa shape index (κ3) is 0.759. The van der Waals surface area contributed by atoms with Crippen LogP contribution in [-0.2, 0) is 0 Å². The van der Waals surface area contributed by atoms with Crippen molar-refractivity contribution in [3.05, 3.63) is 0 Å². The van der Waals surface area contributed by atoms with Gasteiger partial charge in [0.1, 0.15) is 0 Å². The summed E-state index contributed by atoms with van der Waals surface area (Å²) in [5.41, 5.74) is 0.642. The maximum atomic E-state index is 3.55. The quantitative estimate of drug-likeness (QED) is 0.520. The van der Waals surface area contributed by atoms with Gasteiger partial charge < -0.3 is 5.32 Å². The second-order valence-corrected chi connectivity index (χ2v) is 3.86. The Morgan fingerprint density at radius 1 is 1.38 bits per heavy atom. The molecule has 1 saturated carbocycles. The van der Waals surface area contributed by atoms with E-state index in [1.54, 1.807) is 0 Å². The summed E-state index contributed by atoms with van der Waals surface area (Å²) in [7, 11) is 0. The summed E-state index contributed by atoms with van der Waals surface area (Å²) in [5, 5.41) is 3.55. The van der Waals surface area contributed by atoms with Crippen LogP contribution in [-0.4, -0.2) is 23.6 Å². The highest BCUT2D eigenvalue weighted by molar-refractivity contribution is 7.99. The highest BCUT2D eigenvalue weighted by atomic mass is 32.2. The Bertz CT molecular complexity index is 90.7. The average Bonchev–Trinajstić information content (AvgIpc) is 2.52. The van der Waals surface area contributed by atoms with Gasteiger partial charge in [0.15, 0.2) is 0 Å². The van der Waals surface area contributed by atoms with Gasteiger partial charge in [0, 0.05) is 23.6 Å². The molecular formula is C6H11NS. The summed E-state index contributed by atoms with van der Waals surface area (Å²) in [6.45, 7) is 1.24. The average molecular weight is 129 g/mol. The van der Waals surface area contributed by atoms with Crippen LogP contribution in [0.25, 0.3) is 0 Å². The Kier molecular flexibility index (Phi) is 1.05. The van der Waals surface area contributed by atoms with Crippen LogP contribution in [0.1, 0.15) is 12.8 Å². The van der Waals surface area contributed by atoms with Crippen molar-refractivity contribution >= 4 is 11.8 Å². The van der Waals surface area contributed by atoms with Gasteiger partial charge in [0.05, 0.1) is 0 Å². The molecular weight excluding hydrogens is 118 g/mol. The van der Waals surface area contributed by atoms with E-state index in [1.807, 2.05) is 0 Å². The van der Waals surface area contributed by atoms with Crippen molar-refractivity contribution in [3.63, 3.8) is 0 Å². The topological polar surface area (TPSA) is 12.0 Å². The normalized spacial score (nSPS) is 33.0. The van der Waals surface area contributed by atoms with E-state index in [2.05, 4.69) is 17.1 Å². The minimum atomic E-state index is 0.642. The van der Waals surface area contributed by atoms with Gasteiger partial charge in [-0.15, -0.1) is 0 Å².